The number of likely N-dealkylation sites (tertiary alicyclic amines) is 1. The molecule has 2 aromatic rings. The van der Waals surface area contributed by atoms with Gasteiger partial charge in [-0.25, -0.2) is 13.1 Å². The number of rotatable bonds is 9. The third-order valence-electron chi connectivity index (χ3n) is 8.31. The van der Waals surface area contributed by atoms with E-state index in [4.69, 9.17) is 0 Å². The Labute approximate surface area is 225 Å². The normalized spacial score (nSPS) is 23.1. The minimum absolute atomic E-state index is 0.00700. The molecular weight excluding hydrogens is 502 g/mol. The molecule has 2 amide bonds. The van der Waals surface area contributed by atoms with Crippen LogP contribution in [0, 0.1) is 5.92 Å². The van der Waals surface area contributed by atoms with E-state index in [2.05, 4.69) is 20.2 Å². The highest BCUT2D eigenvalue weighted by molar-refractivity contribution is 7.88. The largest absolute Gasteiger partial charge is 0.351 e. The predicted molar refractivity (Wildman–Crippen MR) is 144 cm³/mol. The SMILES string of the molecule is O=C(NC1CCc2[nH]ncc2C1)C1CCCN1C(=O)C(CC1CCCCC1)NS(=O)(=O)Cc1ccccc1. The van der Waals surface area contributed by atoms with E-state index < -0.39 is 22.1 Å². The van der Waals surface area contributed by atoms with Gasteiger partial charge in [0.25, 0.3) is 0 Å². The van der Waals surface area contributed by atoms with Gasteiger partial charge in [-0.3, -0.25) is 14.7 Å². The lowest BCUT2D eigenvalue weighted by atomic mass is 9.84. The molecule has 1 aromatic heterocycles. The molecule has 1 saturated heterocycles. The van der Waals surface area contributed by atoms with Crippen molar-refractivity contribution in [1.29, 1.82) is 0 Å². The molecule has 2 heterocycles. The summed E-state index contributed by atoms with van der Waals surface area (Å²) in [5.41, 5.74) is 2.93. The van der Waals surface area contributed by atoms with Crippen LogP contribution in [0.25, 0.3) is 0 Å². The summed E-state index contributed by atoms with van der Waals surface area (Å²) < 4.78 is 29.1. The van der Waals surface area contributed by atoms with Crippen molar-refractivity contribution in [1.82, 2.24) is 25.1 Å². The van der Waals surface area contributed by atoms with Crippen molar-refractivity contribution in [3.8, 4) is 0 Å². The van der Waals surface area contributed by atoms with E-state index >= 15 is 0 Å². The fourth-order valence-electron chi connectivity index (χ4n) is 6.35. The molecular formula is C28H39N5O4S. The van der Waals surface area contributed by atoms with Crippen molar-refractivity contribution in [2.24, 2.45) is 5.92 Å². The third kappa shape index (κ3) is 6.64. The lowest BCUT2D eigenvalue weighted by molar-refractivity contribution is -0.140. The number of aromatic nitrogens is 2. The van der Waals surface area contributed by atoms with E-state index in [9.17, 15) is 18.0 Å². The van der Waals surface area contributed by atoms with Crippen LogP contribution < -0.4 is 10.0 Å². The molecule has 5 rings (SSSR count). The maximum Gasteiger partial charge on any atom is 0.243 e. The van der Waals surface area contributed by atoms with E-state index in [0.29, 0.717) is 30.9 Å². The second kappa shape index (κ2) is 12.0. The number of hydrogen-bond donors (Lipinski definition) is 3. The van der Waals surface area contributed by atoms with Gasteiger partial charge in [-0.05, 0) is 55.6 Å². The average molecular weight is 542 g/mol. The summed E-state index contributed by atoms with van der Waals surface area (Å²) in [4.78, 5) is 28.9. The van der Waals surface area contributed by atoms with Gasteiger partial charge in [0.15, 0.2) is 0 Å². The molecule has 0 radical (unpaired) electrons. The number of benzene rings is 1. The Kier molecular flexibility index (Phi) is 8.48. The number of fused-ring (bicyclic) bond motifs is 1. The number of hydrogen-bond acceptors (Lipinski definition) is 5. The zero-order valence-corrected chi connectivity index (χ0v) is 22.7. The molecule has 2 fully saturated rings. The van der Waals surface area contributed by atoms with Gasteiger partial charge in [-0.15, -0.1) is 0 Å². The van der Waals surface area contributed by atoms with Crippen LogP contribution in [0.5, 0.6) is 0 Å². The number of carbonyl (C=O) groups is 2. The number of aryl methyl sites for hydroxylation is 1. The molecule has 3 unspecified atom stereocenters. The van der Waals surface area contributed by atoms with Crippen LogP contribution in [0.15, 0.2) is 36.5 Å². The highest BCUT2D eigenvalue weighted by Crippen LogP contribution is 2.29. The van der Waals surface area contributed by atoms with Gasteiger partial charge in [0.2, 0.25) is 21.8 Å². The van der Waals surface area contributed by atoms with Crippen LogP contribution in [0.1, 0.15) is 74.6 Å². The number of amides is 2. The second-order valence-corrected chi connectivity index (χ2v) is 12.9. The van der Waals surface area contributed by atoms with Crippen LogP contribution in [-0.4, -0.2) is 60.0 Å². The van der Waals surface area contributed by atoms with E-state index in [0.717, 1.165) is 62.6 Å². The van der Waals surface area contributed by atoms with Crippen molar-refractivity contribution in [3.05, 3.63) is 53.3 Å². The molecule has 9 nitrogen and oxygen atoms in total. The van der Waals surface area contributed by atoms with Gasteiger partial charge in [-0.2, -0.15) is 5.10 Å². The van der Waals surface area contributed by atoms with Crippen LogP contribution >= 0.6 is 0 Å². The average Bonchev–Trinajstić information content (AvgIpc) is 3.58. The molecule has 3 atom stereocenters. The molecule has 3 aliphatic rings. The van der Waals surface area contributed by atoms with E-state index in [1.165, 1.54) is 6.42 Å². The summed E-state index contributed by atoms with van der Waals surface area (Å²) >= 11 is 0. The quantitative estimate of drug-likeness (QED) is 0.450. The smallest absolute Gasteiger partial charge is 0.243 e. The number of carbonyl (C=O) groups excluding carboxylic acids is 2. The summed E-state index contributed by atoms with van der Waals surface area (Å²) in [6.45, 7) is 0.467. The molecule has 0 bridgehead atoms. The van der Waals surface area contributed by atoms with Crippen molar-refractivity contribution < 1.29 is 18.0 Å². The Morgan fingerprint density at radius 3 is 2.63 bits per heavy atom. The number of nitrogens with zero attached hydrogens (tertiary/aromatic N) is 2. The Hall–Kier alpha value is -2.72. The molecule has 1 aromatic carbocycles. The second-order valence-electron chi connectivity index (χ2n) is 11.2. The van der Waals surface area contributed by atoms with E-state index in [1.807, 2.05) is 24.4 Å². The molecule has 1 saturated carbocycles. The molecule has 3 N–H and O–H groups in total. The summed E-state index contributed by atoms with van der Waals surface area (Å²) in [6, 6.07) is 7.59. The fraction of sp³-hybridized carbons (Fsp3) is 0.607. The zero-order chi connectivity index (χ0) is 26.5. The maximum atomic E-state index is 13.9. The first-order valence-corrected chi connectivity index (χ1v) is 15.7. The zero-order valence-electron chi connectivity index (χ0n) is 21.9. The van der Waals surface area contributed by atoms with E-state index in [-0.39, 0.29) is 23.6 Å². The Balaban J connectivity index is 1.27. The molecule has 1 aliphatic heterocycles. The predicted octanol–water partition coefficient (Wildman–Crippen LogP) is 2.83. The lowest BCUT2D eigenvalue weighted by Crippen LogP contribution is -2.55. The maximum absolute atomic E-state index is 13.9. The van der Waals surface area contributed by atoms with Gasteiger partial charge < -0.3 is 10.2 Å². The van der Waals surface area contributed by atoms with Crippen molar-refractivity contribution in [2.75, 3.05) is 6.54 Å². The van der Waals surface area contributed by atoms with Crippen LogP contribution in [-0.2, 0) is 38.2 Å². The minimum Gasteiger partial charge on any atom is -0.351 e. The van der Waals surface area contributed by atoms with Gasteiger partial charge in [0.05, 0.1) is 11.9 Å². The van der Waals surface area contributed by atoms with Gasteiger partial charge in [0.1, 0.15) is 12.1 Å². The minimum atomic E-state index is -3.75. The number of aromatic amines is 1. The Bertz CT molecular complexity index is 1210. The Morgan fingerprint density at radius 1 is 1.05 bits per heavy atom. The number of nitrogens with one attached hydrogen (secondary N) is 3. The van der Waals surface area contributed by atoms with Gasteiger partial charge in [0, 0.05) is 18.3 Å². The summed E-state index contributed by atoms with van der Waals surface area (Å²) in [7, 11) is -3.75. The van der Waals surface area contributed by atoms with Crippen molar-refractivity contribution in [3.63, 3.8) is 0 Å². The fourth-order valence-corrected chi connectivity index (χ4v) is 7.69. The third-order valence-corrected chi connectivity index (χ3v) is 9.67. The lowest BCUT2D eigenvalue weighted by Gasteiger charge is -2.32. The molecule has 10 heteroatoms. The van der Waals surface area contributed by atoms with E-state index in [1.54, 1.807) is 17.0 Å². The molecule has 206 valence electrons. The molecule has 2 aliphatic carbocycles. The van der Waals surface area contributed by atoms with Crippen LogP contribution in [0.2, 0.25) is 0 Å². The Morgan fingerprint density at radius 2 is 1.84 bits per heavy atom. The summed E-state index contributed by atoms with van der Waals surface area (Å²) in [5.74, 6) is -0.287. The van der Waals surface area contributed by atoms with Gasteiger partial charge >= 0.3 is 0 Å². The topological polar surface area (TPSA) is 124 Å². The standard InChI is InChI=1S/C28H39N5O4S/c34-27(30-23-13-14-24-22(17-23)18-29-31-24)26-12-7-15-33(26)28(35)25(16-20-8-3-1-4-9-20)32-38(36,37)19-21-10-5-2-6-11-21/h2,5-6,10-11,18,20,23,25-26,32H,1,3-4,7-9,12-17,19H2,(H,29,31)(H,30,34). The van der Waals surface area contributed by atoms with Crippen LogP contribution in [0.3, 0.4) is 0 Å². The highest BCUT2D eigenvalue weighted by atomic mass is 32.2. The summed E-state index contributed by atoms with van der Waals surface area (Å²) in [6.07, 6.45) is 11.4. The van der Waals surface area contributed by atoms with Crippen molar-refractivity contribution in [2.45, 2.75) is 94.5 Å². The molecule has 38 heavy (non-hydrogen) atoms. The van der Waals surface area contributed by atoms with Gasteiger partial charge in [-0.1, -0.05) is 62.4 Å². The number of sulfonamides is 1. The van der Waals surface area contributed by atoms with Crippen LogP contribution in [0.4, 0.5) is 0 Å². The number of H-pyrrole nitrogens is 1. The first kappa shape index (κ1) is 26.9. The first-order valence-electron chi connectivity index (χ1n) is 14.0. The molecule has 0 spiro atoms. The monoisotopic (exact) mass is 541 g/mol. The van der Waals surface area contributed by atoms with Crippen molar-refractivity contribution >= 4 is 21.8 Å². The first-order chi connectivity index (χ1) is 18.4. The highest BCUT2D eigenvalue weighted by Gasteiger charge is 2.40. The summed E-state index contributed by atoms with van der Waals surface area (Å²) in [5, 5.41) is 10.3.